The molecule has 0 aliphatic heterocycles. The molecule has 1 aromatic carbocycles. The summed E-state index contributed by atoms with van der Waals surface area (Å²) < 4.78 is 44.9. The van der Waals surface area contributed by atoms with Crippen molar-refractivity contribution in [2.45, 2.75) is 32.5 Å². The molecule has 1 aliphatic rings. The van der Waals surface area contributed by atoms with Crippen LogP contribution < -0.4 is 10.1 Å². The highest BCUT2D eigenvalue weighted by Crippen LogP contribution is 2.31. The number of carbonyl (C=O) groups excluding carboxylic acids is 1. The van der Waals surface area contributed by atoms with E-state index in [1.54, 1.807) is 6.20 Å². The predicted molar refractivity (Wildman–Crippen MR) is 97.3 cm³/mol. The number of halogens is 3. The molecule has 28 heavy (non-hydrogen) atoms. The van der Waals surface area contributed by atoms with E-state index in [0.29, 0.717) is 36.6 Å². The number of aromatic nitrogens is 3. The summed E-state index contributed by atoms with van der Waals surface area (Å²) in [4.78, 5) is 14.4. The lowest BCUT2D eigenvalue weighted by molar-refractivity contribution is -0.143. The maximum atomic E-state index is 12.7. The molecule has 2 heterocycles. The number of aromatic amines is 1. The molecule has 148 valence electrons. The fourth-order valence-corrected chi connectivity index (χ4v) is 3.63. The molecule has 0 saturated heterocycles. The van der Waals surface area contributed by atoms with E-state index in [-0.39, 0.29) is 11.8 Å². The fourth-order valence-electron chi connectivity index (χ4n) is 3.63. The van der Waals surface area contributed by atoms with E-state index in [1.807, 2.05) is 18.2 Å². The van der Waals surface area contributed by atoms with Crippen LogP contribution in [-0.4, -0.2) is 33.5 Å². The second-order valence-electron chi connectivity index (χ2n) is 7.07. The number of alkyl halides is 3. The Hall–Kier alpha value is -2.97. The largest absolute Gasteiger partial charge is 0.493 e. The number of fused-ring (bicyclic) bond motifs is 2. The van der Waals surface area contributed by atoms with E-state index >= 15 is 0 Å². The van der Waals surface area contributed by atoms with E-state index in [9.17, 15) is 18.0 Å². The molecule has 4 rings (SSSR count). The zero-order valence-electron chi connectivity index (χ0n) is 15.1. The molecular formula is C19H19F3N4O2. The molecule has 0 saturated carbocycles. The number of anilines is 1. The number of hydrogen-bond donors (Lipinski definition) is 2. The zero-order valence-corrected chi connectivity index (χ0v) is 15.1. The molecule has 6 nitrogen and oxygen atoms in total. The van der Waals surface area contributed by atoms with E-state index in [1.165, 1.54) is 13.1 Å². The van der Waals surface area contributed by atoms with Gasteiger partial charge in [0.2, 0.25) is 5.91 Å². The van der Waals surface area contributed by atoms with Crippen LogP contribution in [0.2, 0.25) is 0 Å². The molecule has 1 atom stereocenters. The van der Waals surface area contributed by atoms with Gasteiger partial charge in [0.15, 0.2) is 0 Å². The highest BCUT2D eigenvalue weighted by atomic mass is 19.4. The molecule has 2 N–H and O–H groups in total. The minimum Gasteiger partial charge on any atom is -0.493 e. The van der Waals surface area contributed by atoms with Gasteiger partial charge >= 0.3 is 6.18 Å². The van der Waals surface area contributed by atoms with Gasteiger partial charge in [-0.3, -0.25) is 9.48 Å². The summed E-state index contributed by atoms with van der Waals surface area (Å²) in [6.45, 7) is 0.773. The molecule has 0 spiro atoms. The molecule has 0 bridgehead atoms. The van der Waals surface area contributed by atoms with Crippen LogP contribution in [0.5, 0.6) is 5.75 Å². The van der Waals surface area contributed by atoms with Crippen LogP contribution in [-0.2, 0) is 24.2 Å². The highest BCUT2D eigenvalue weighted by Gasteiger charge is 2.33. The van der Waals surface area contributed by atoms with Gasteiger partial charge in [-0.15, -0.1) is 0 Å². The average molecular weight is 392 g/mol. The van der Waals surface area contributed by atoms with Crippen LogP contribution >= 0.6 is 0 Å². The van der Waals surface area contributed by atoms with Gasteiger partial charge in [0.05, 0.1) is 18.5 Å². The highest BCUT2D eigenvalue weighted by molar-refractivity contribution is 6.01. The first-order chi connectivity index (χ1) is 13.3. The van der Waals surface area contributed by atoms with Crippen LogP contribution in [0.25, 0.3) is 10.9 Å². The molecule has 0 fully saturated rings. The Morgan fingerprint density at radius 1 is 1.39 bits per heavy atom. The zero-order chi connectivity index (χ0) is 19.9. The van der Waals surface area contributed by atoms with E-state index in [4.69, 9.17) is 4.74 Å². The molecule has 1 aliphatic carbocycles. The SMILES string of the molecule is CC(=O)Nc1c[nH]c2ccc(OCC3Cc4cnn(CC(F)(F)F)c4C3)cc12. The smallest absolute Gasteiger partial charge is 0.408 e. The van der Waals surface area contributed by atoms with Gasteiger partial charge in [0, 0.05) is 35.6 Å². The van der Waals surface area contributed by atoms with Crippen LogP contribution in [0.4, 0.5) is 18.9 Å². The minimum atomic E-state index is -4.29. The summed E-state index contributed by atoms with van der Waals surface area (Å²) >= 11 is 0. The molecule has 2 aromatic heterocycles. The van der Waals surface area contributed by atoms with Gasteiger partial charge in [-0.2, -0.15) is 18.3 Å². The van der Waals surface area contributed by atoms with Crippen molar-refractivity contribution < 1.29 is 22.7 Å². The molecule has 3 aromatic rings. The van der Waals surface area contributed by atoms with Crippen LogP contribution in [0.15, 0.2) is 30.6 Å². The molecule has 1 amide bonds. The Morgan fingerprint density at radius 3 is 2.96 bits per heavy atom. The van der Waals surface area contributed by atoms with Crippen molar-refractivity contribution in [3.8, 4) is 5.75 Å². The number of hydrogen-bond acceptors (Lipinski definition) is 3. The fraction of sp³-hybridized carbons (Fsp3) is 0.368. The molecule has 0 radical (unpaired) electrons. The van der Waals surface area contributed by atoms with Crippen LogP contribution in [0, 0.1) is 5.92 Å². The van der Waals surface area contributed by atoms with Crippen molar-refractivity contribution in [1.29, 1.82) is 0 Å². The van der Waals surface area contributed by atoms with Gasteiger partial charge < -0.3 is 15.0 Å². The summed E-state index contributed by atoms with van der Waals surface area (Å²) in [6.07, 6.45) is 0.111. The van der Waals surface area contributed by atoms with E-state index < -0.39 is 12.7 Å². The minimum absolute atomic E-state index is 0.101. The lowest BCUT2D eigenvalue weighted by Crippen LogP contribution is -2.21. The van der Waals surface area contributed by atoms with Crippen LogP contribution in [0.1, 0.15) is 18.2 Å². The number of nitrogens with zero attached hydrogens (tertiary/aromatic N) is 2. The normalized spacial score (nSPS) is 16.4. The van der Waals surface area contributed by atoms with Crippen molar-refractivity contribution >= 4 is 22.5 Å². The monoisotopic (exact) mass is 392 g/mol. The number of H-pyrrole nitrogens is 1. The van der Waals surface area contributed by atoms with Gasteiger partial charge in [-0.25, -0.2) is 0 Å². The van der Waals surface area contributed by atoms with Gasteiger partial charge in [0.25, 0.3) is 0 Å². The number of ether oxygens (including phenoxy) is 1. The number of nitrogens with one attached hydrogen (secondary N) is 2. The van der Waals surface area contributed by atoms with Crippen molar-refractivity contribution in [2.75, 3.05) is 11.9 Å². The lowest BCUT2D eigenvalue weighted by Gasteiger charge is -2.13. The van der Waals surface area contributed by atoms with Crippen LogP contribution in [0.3, 0.4) is 0 Å². The number of amides is 1. The summed E-state index contributed by atoms with van der Waals surface area (Å²) in [5.74, 6) is 0.583. The molecular weight excluding hydrogens is 373 g/mol. The topological polar surface area (TPSA) is 71.9 Å². The summed E-state index contributed by atoms with van der Waals surface area (Å²) in [5.41, 5.74) is 3.04. The first-order valence-corrected chi connectivity index (χ1v) is 8.90. The summed E-state index contributed by atoms with van der Waals surface area (Å²) in [5, 5.41) is 7.45. The standard InChI is InChI=1S/C19H19F3N4O2/c1-11(27)25-17-8-23-16-3-2-14(6-15(16)17)28-9-12-4-13-7-24-26(18(13)5-12)10-19(20,21)22/h2-3,6-8,12,23H,4-5,9-10H2,1H3,(H,25,27). The van der Waals surface area contributed by atoms with Gasteiger partial charge in [0.1, 0.15) is 12.3 Å². The third kappa shape index (κ3) is 3.83. The number of carbonyl (C=O) groups is 1. The maximum absolute atomic E-state index is 12.7. The molecule has 1 unspecified atom stereocenters. The molecule has 9 heteroatoms. The Kier molecular flexibility index (Phi) is 4.52. The second-order valence-corrected chi connectivity index (χ2v) is 7.07. The van der Waals surface area contributed by atoms with Crippen molar-refractivity contribution in [3.05, 3.63) is 41.9 Å². The third-order valence-electron chi connectivity index (χ3n) is 4.80. The Morgan fingerprint density at radius 2 is 2.21 bits per heavy atom. The quantitative estimate of drug-likeness (QED) is 0.696. The van der Waals surface area contributed by atoms with Crippen molar-refractivity contribution in [1.82, 2.24) is 14.8 Å². The van der Waals surface area contributed by atoms with Crippen molar-refractivity contribution in [3.63, 3.8) is 0 Å². The van der Waals surface area contributed by atoms with Crippen molar-refractivity contribution in [2.24, 2.45) is 5.92 Å². The Balaban J connectivity index is 1.42. The first kappa shape index (κ1) is 18.4. The van der Waals surface area contributed by atoms with E-state index in [0.717, 1.165) is 21.1 Å². The second kappa shape index (κ2) is 6.88. The number of benzene rings is 1. The summed E-state index contributed by atoms with van der Waals surface area (Å²) in [7, 11) is 0. The van der Waals surface area contributed by atoms with Gasteiger partial charge in [-0.1, -0.05) is 0 Å². The van der Waals surface area contributed by atoms with E-state index in [2.05, 4.69) is 15.4 Å². The first-order valence-electron chi connectivity index (χ1n) is 8.90. The van der Waals surface area contributed by atoms with Gasteiger partial charge in [-0.05, 0) is 36.6 Å². The lowest BCUT2D eigenvalue weighted by atomic mass is 10.1. The summed E-state index contributed by atoms with van der Waals surface area (Å²) in [6, 6.07) is 5.52. The Bertz CT molecular complexity index is 1020. The maximum Gasteiger partial charge on any atom is 0.408 e. The Labute approximate surface area is 158 Å². The third-order valence-corrected chi connectivity index (χ3v) is 4.80. The average Bonchev–Trinajstić information content (AvgIpc) is 3.28. The predicted octanol–water partition coefficient (Wildman–Crippen LogP) is 3.68. The number of rotatable bonds is 5.